The zero-order chi connectivity index (χ0) is 26.8. The van der Waals surface area contributed by atoms with Gasteiger partial charge < -0.3 is 19.5 Å². The standard InChI is InChI=1S/C28H49N3O5S/c1-3-4-5-6-7-8-9-10-11-12-13-14-15-16-23-37(33,34)30-29-28(31-19-21-36-22-20-31)25-17-18-26(32)27(24-25)35-2/h17-18,24,30,32H,3-16,19-23H2,1-2H3/b29-28+. The maximum Gasteiger partial charge on any atom is 0.247 e. The van der Waals surface area contributed by atoms with E-state index in [1.165, 1.54) is 83.8 Å². The Bertz CT molecular complexity index is 886. The number of methoxy groups -OCH3 is 1. The second-order valence-corrected chi connectivity index (χ2v) is 11.7. The van der Waals surface area contributed by atoms with E-state index in [0.29, 0.717) is 49.9 Å². The Balaban J connectivity index is 1.70. The summed E-state index contributed by atoms with van der Waals surface area (Å²) in [5, 5.41) is 14.2. The predicted octanol–water partition coefficient (Wildman–Crippen LogP) is 5.80. The number of amidine groups is 1. The van der Waals surface area contributed by atoms with E-state index in [1.807, 2.05) is 4.90 Å². The lowest BCUT2D eigenvalue weighted by atomic mass is 10.0. The number of phenolic OH excluding ortho intramolecular Hbond substituents is 1. The highest BCUT2D eigenvalue weighted by Gasteiger charge is 2.20. The van der Waals surface area contributed by atoms with Crippen LogP contribution in [0, 0.1) is 0 Å². The summed E-state index contributed by atoms with van der Waals surface area (Å²) in [7, 11) is -2.06. The van der Waals surface area contributed by atoms with Crippen LogP contribution in [-0.2, 0) is 14.8 Å². The van der Waals surface area contributed by atoms with Gasteiger partial charge in [0.1, 0.15) is 0 Å². The third-order valence-corrected chi connectivity index (χ3v) is 8.00. The molecule has 0 spiro atoms. The van der Waals surface area contributed by atoms with Crippen molar-refractivity contribution in [2.45, 2.75) is 96.8 Å². The quantitative estimate of drug-likeness (QED) is 0.0998. The van der Waals surface area contributed by atoms with Crippen molar-refractivity contribution in [1.29, 1.82) is 0 Å². The number of hydrogen-bond acceptors (Lipinski definition) is 6. The van der Waals surface area contributed by atoms with Gasteiger partial charge in [-0.05, 0) is 24.6 Å². The van der Waals surface area contributed by atoms with E-state index < -0.39 is 10.0 Å². The number of rotatable bonds is 19. The summed E-state index contributed by atoms with van der Waals surface area (Å²) in [4.78, 5) is 4.40. The highest BCUT2D eigenvalue weighted by Crippen LogP contribution is 2.27. The molecule has 1 heterocycles. The van der Waals surface area contributed by atoms with Crippen molar-refractivity contribution in [3.63, 3.8) is 0 Å². The van der Waals surface area contributed by atoms with Crippen LogP contribution >= 0.6 is 0 Å². The third-order valence-electron chi connectivity index (χ3n) is 6.81. The van der Waals surface area contributed by atoms with E-state index in [-0.39, 0.29) is 11.5 Å². The van der Waals surface area contributed by atoms with Crippen LogP contribution in [0.1, 0.15) is 102 Å². The van der Waals surface area contributed by atoms with Crippen LogP contribution in [-0.4, -0.2) is 63.4 Å². The molecule has 0 saturated carbocycles. The summed E-state index contributed by atoms with van der Waals surface area (Å²) in [5.41, 5.74) is 0.663. The fraction of sp³-hybridized carbons (Fsp3) is 0.750. The molecule has 9 heteroatoms. The average molecular weight is 540 g/mol. The van der Waals surface area contributed by atoms with Gasteiger partial charge in [-0.3, -0.25) is 0 Å². The number of sulfonamides is 1. The number of ether oxygens (including phenoxy) is 2. The minimum Gasteiger partial charge on any atom is -0.504 e. The first-order valence-electron chi connectivity index (χ1n) is 14.2. The smallest absolute Gasteiger partial charge is 0.247 e. The van der Waals surface area contributed by atoms with Gasteiger partial charge >= 0.3 is 0 Å². The van der Waals surface area contributed by atoms with Gasteiger partial charge in [-0.1, -0.05) is 90.4 Å². The predicted molar refractivity (Wildman–Crippen MR) is 151 cm³/mol. The minimum absolute atomic E-state index is 0.0194. The summed E-state index contributed by atoms with van der Waals surface area (Å²) >= 11 is 0. The van der Waals surface area contributed by atoms with Crippen LogP contribution < -0.4 is 9.57 Å². The maximum absolute atomic E-state index is 12.6. The molecule has 8 nitrogen and oxygen atoms in total. The van der Waals surface area contributed by atoms with Gasteiger partial charge in [0.2, 0.25) is 10.0 Å². The molecular formula is C28H49N3O5S. The number of nitrogens with zero attached hydrogens (tertiary/aromatic N) is 2. The molecule has 1 aromatic rings. The van der Waals surface area contributed by atoms with E-state index in [2.05, 4.69) is 16.9 Å². The molecule has 0 unspecified atom stereocenters. The highest BCUT2D eigenvalue weighted by atomic mass is 32.2. The van der Waals surface area contributed by atoms with Crippen molar-refractivity contribution in [3.05, 3.63) is 23.8 Å². The van der Waals surface area contributed by atoms with Crippen molar-refractivity contribution in [1.82, 2.24) is 9.73 Å². The molecule has 1 aromatic carbocycles. The molecule has 37 heavy (non-hydrogen) atoms. The molecule has 1 aliphatic heterocycles. The van der Waals surface area contributed by atoms with Crippen molar-refractivity contribution in [2.75, 3.05) is 39.2 Å². The Morgan fingerprint density at radius 3 is 2.03 bits per heavy atom. The molecule has 0 bridgehead atoms. The monoisotopic (exact) mass is 539 g/mol. The van der Waals surface area contributed by atoms with Gasteiger partial charge in [0, 0.05) is 18.7 Å². The number of morpholine rings is 1. The number of unbranched alkanes of at least 4 members (excludes halogenated alkanes) is 13. The van der Waals surface area contributed by atoms with Gasteiger partial charge in [-0.2, -0.15) is 0 Å². The summed E-state index contributed by atoms with van der Waals surface area (Å²) in [6.45, 7) is 4.54. The van der Waals surface area contributed by atoms with Crippen LogP contribution in [0.25, 0.3) is 0 Å². The first-order valence-corrected chi connectivity index (χ1v) is 15.9. The molecule has 0 aromatic heterocycles. The van der Waals surface area contributed by atoms with E-state index in [4.69, 9.17) is 9.47 Å². The van der Waals surface area contributed by atoms with Crippen molar-refractivity contribution < 1.29 is 23.0 Å². The van der Waals surface area contributed by atoms with Crippen LogP contribution in [0.4, 0.5) is 0 Å². The minimum atomic E-state index is -3.54. The van der Waals surface area contributed by atoms with Gasteiger partial charge in [-0.25, -0.2) is 13.2 Å². The molecule has 0 amide bonds. The molecule has 212 valence electrons. The number of benzene rings is 1. The van der Waals surface area contributed by atoms with Crippen LogP contribution in [0.15, 0.2) is 23.3 Å². The summed E-state index contributed by atoms with van der Waals surface area (Å²) in [6.07, 6.45) is 17.2. The SMILES string of the molecule is CCCCCCCCCCCCCCCCS(=O)(=O)N/N=C(\c1ccc(O)c(OC)c1)N1CCOCC1. The third kappa shape index (κ3) is 12.9. The zero-order valence-electron chi connectivity index (χ0n) is 23.0. The van der Waals surface area contributed by atoms with Gasteiger partial charge in [-0.15, -0.1) is 5.10 Å². The largest absolute Gasteiger partial charge is 0.504 e. The van der Waals surface area contributed by atoms with Crippen molar-refractivity contribution in [3.8, 4) is 11.5 Å². The molecular weight excluding hydrogens is 490 g/mol. The van der Waals surface area contributed by atoms with Gasteiger partial charge in [0.05, 0.1) is 26.1 Å². The number of phenols is 1. The van der Waals surface area contributed by atoms with E-state index in [1.54, 1.807) is 12.1 Å². The highest BCUT2D eigenvalue weighted by molar-refractivity contribution is 7.89. The van der Waals surface area contributed by atoms with Crippen molar-refractivity contribution in [2.24, 2.45) is 5.10 Å². The first-order chi connectivity index (χ1) is 18.0. The Kier molecular flexibility index (Phi) is 15.4. The zero-order valence-corrected chi connectivity index (χ0v) is 23.9. The fourth-order valence-electron chi connectivity index (χ4n) is 4.55. The average Bonchev–Trinajstić information content (AvgIpc) is 2.90. The summed E-state index contributed by atoms with van der Waals surface area (Å²) < 4.78 is 35.9. The molecule has 0 aliphatic carbocycles. The maximum atomic E-state index is 12.6. The summed E-state index contributed by atoms with van der Waals surface area (Å²) in [5.74, 6) is 0.880. The molecule has 1 aliphatic rings. The Morgan fingerprint density at radius 2 is 1.49 bits per heavy atom. The lowest BCUT2D eigenvalue weighted by Gasteiger charge is -2.30. The molecule has 1 fully saturated rings. The Hall–Kier alpha value is -2.00. The molecule has 2 rings (SSSR count). The molecule has 2 N–H and O–H groups in total. The number of hydrogen-bond donors (Lipinski definition) is 2. The summed E-state index contributed by atoms with van der Waals surface area (Å²) in [6, 6.07) is 4.88. The Morgan fingerprint density at radius 1 is 0.946 bits per heavy atom. The first kappa shape index (κ1) is 31.2. The van der Waals surface area contributed by atoms with E-state index in [0.717, 1.165) is 12.8 Å². The van der Waals surface area contributed by atoms with Crippen LogP contribution in [0.3, 0.4) is 0 Å². The second kappa shape index (κ2) is 18.3. The van der Waals surface area contributed by atoms with E-state index in [9.17, 15) is 13.5 Å². The van der Waals surface area contributed by atoms with Crippen LogP contribution in [0.5, 0.6) is 11.5 Å². The lowest BCUT2D eigenvalue weighted by molar-refractivity contribution is 0.0681. The van der Waals surface area contributed by atoms with Crippen molar-refractivity contribution >= 4 is 15.9 Å². The molecule has 0 radical (unpaired) electrons. The fourth-order valence-corrected chi connectivity index (χ4v) is 5.46. The second-order valence-electron chi connectivity index (χ2n) is 9.93. The number of aromatic hydroxyl groups is 1. The number of nitrogens with one attached hydrogen (secondary N) is 1. The lowest BCUT2D eigenvalue weighted by Crippen LogP contribution is -2.42. The van der Waals surface area contributed by atoms with Crippen LogP contribution in [0.2, 0.25) is 0 Å². The number of hydrazone groups is 1. The van der Waals surface area contributed by atoms with Gasteiger partial charge in [0.15, 0.2) is 17.3 Å². The molecule has 1 saturated heterocycles. The van der Waals surface area contributed by atoms with E-state index >= 15 is 0 Å². The Labute approximate surface area is 224 Å². The normalized spacial score (nSPS) is 14.6. The topological polar surface area (TPSA) is 100 Å². The molecule has 0 atom stereocenters. The van der Waals surface area contributed by atoms with Gasteiger partial charge in [0.25, 0.3) is 0 Å².